The second-order valence-electron chi connectivity index (χ2n) is 4.36. The zero-order valence-corrected chi connectivity index (χ0v) is 11.7. The molecule has 0 saturated carbocycles. The topological polar surface area (TPSA) is 74.3 Å². The average Bonchev–Trinajstić information content (AvgIpc) is 2.42. The van der Waals surface area contributed by atoms with E-state index in [-0.39, 0.29) is 12.2 Å². The normalized spacial score (nSPS) is 12.3. The highest BCUT2D eigenvalue weighted by atomic mass is 35.5. The molecule has 0 saturated heterocycles. The molecule has 0 aromatic heterocycles. The Balaban J connectivity index is 2.53. The predicted octanol–water partition coefficient (Wildman–Crippen LogP) is 1.35. The van der Waals surface area contributed by atoms with Gasteiger partial charge in [0.25, 0.3) is 0 Å². The monoisotopic (exact) mass is 293 g/mol. The summed E-state index contributed by atoms with van der Waals surface area (Å²) in [6.07, 6.45) is 2.90. The maximum Gasteiger partial charge on any atom is 0.200 e. The molecule has 1 atom stereocenters. The maximum atomic E-state index is 11.8. The van der Waals surface area contributed by atoms with Gasteiger partial charge in [0.1, 0.15) is 11.8 Å². The summed E-state index contributed by atoms with van der Waals surface area (Å²) in [5, 5.41) is 10.8. The van der Waals surface area contributed by atoms with Crippen molar-refractivity contribution in [3.05, 3.63) is 47.0 Å². The molecule has 4 nitrogen and oxygen atoms in total. The average molecular weight is 294 g/mol. The van der Waals surface area contributed by atoms with Gasteiger partial charge in [-0.25, -0.2) is 0 Å². The number of benzene rings is 1. The molecular weight excluding hydrogens is 280 g/mol. The minimum Gasteiger partial charge on any atom is -0.541 e. The van der Waals surface area contributed by atoms with Gasteiger partial charge in [-0.15, -0.1) is 0 Å². The van der Waals surface area contributed by atoms with Crippen molar-refractivity contribution in [2.24, 2.45) is 5.92 Å². The van der Waals surface area contributed by atoms with E-state index in [9.17, 15) is 19.5 Å². The number of carboxylic acid groups (broad SMARTS) is 1. The second kappa shape index (κ2) is 7.60. The molecule has 0 aliphatic carbocycles. The van der Waals surface area contributed by atoms with Gasteiger partial charge in [-0.2, -0.15) is 0 Å². The smallest absolute Gasteiger partial charge is 0.200 e. The number of carbonyl (C=O) groups is 3. The van der Waals surface area contributed by atoms with Crippen LogP contribution in [0.15, 0.2) is 36.4 Å². The van der Waals surface area contributed by atoms with Crippen LogP contribution in [0.2, 0.25) is 5.02 Å². The van der Waals surface area contributed by atoms with Crippen LogP contribution in [0.1, 0.15) is 18.9 Å². The van der Waals surface area contributed by atoms with Crippen molar-refractivity contribution < 1.29 is 19.5 Å². The van der Waals surface area contributed by atoms with Crippen LogP contribution in [-0.2, 0) is 20.8 Å². The van der Waals surface area contributed by atoms with Crippen molar-refractivity contribution in [3.63, 3.8) is 0 Å². The number of aryl methyl sites for hydroxylation is 1. The molecule has 0 fully saturated rings. The van der Waals surface area contributed by atoms with Crippen LogP contribution in [0, 0.1) is 5.92 Å². The third-order valence-corrected chi connectivity index (χ3v) is 3.21. The summed E-state index contributed by atoms with van der Waals surface area (Å²) < 4.78 is 0. The van der Waals surface area contributed by atoms with Gasteiger partial charge in [0, 0.05) is 17.4 Å². The zero-order chi connectivity index (χ0) is 15.1. The number of ketones is 2. The molecule has 0 heterocycles. The molecule has 106 valence electrons. The minimum atomic E-state index is -1.78. The first-order chi connectivity index (χ1) is 9.41. The number of carboxylic acids is 1. The van der Waals surface area contributed by atoms with Crippen molar-refractivity contribution in [3.8, 4) is 0 Å². The van der Waals surface area contributed by atoms with Gasteiger partial charge in [0.15, 0.2) is 0 Å². The number of rotatable bonds is 7. The fourth-order valence-electron chi connectivity index (χ4n) is 1.59. The van der Waals surface area contributed by atoms with E-state index in [0.29, 0.717) is 11.4 Å². The van der Waals surface area contributed by atoms with Crippen LogP contribution >= 0.6 is 11.6 Å². The quantitative estimate of drug-likeness (QED) is 0.562. The highest BCUT2D eigenvalue weighted by Crippen LogP contribution is 2.17. The molecule has 0 unspecified atom stereocenters. The van der Waals surface area contributed by atoms with Crippen LogP contribution in [-0.4, -0.2) is 17.5 Å². The molecular formula is C15H14ClO4-. The molecule has 0 N–H and O–H groups in total. The van der Waals surface area contributed by atoms with E-state index in [2.05, 4.69) is 0 Å². The first kappa shape index (κ1) is 16.1. The standard InChI is InChI=1S/C15H15ClO4/c1-10(6-8-14(18)15(19)20)13(17)9-7-11-4-2-3-5-12(11)16/h2-6,8,10H,7,9H2,1H3,(H,19,20)/p-1/b8-6+/t10-/m1/s1. The van der Waals surface area contributed by atoms with Gasteiger partial charge in [-0.1, -0.05) is 42.8 Å². The van der Waals surface area contributed by atoms with Crippen LogP contribution in [0.4, 0.5) is 0 Å². The number of aliphatic carboxylic acids is 1. The fourth-order valence-corrected chi connectivity index (χ4v) is 1.82. The molecule has 1 aromatic carbocycles. The van der Waals surface area contributed by atoms with E-state index in [1.165, 1.54) is 6.08 Å². The Labute approximate surface area is 122 Å². The van der Waals surface area contributed by atoms with Crippen molar-refractivity contribution in [2.75, 3.05) is 0 Å². The van der Waals surface area contributed by atoms with E-state index in [1.54, 1.807) is 13.0 Å². The van der Waals surface area contributed by atoms with E-state index in [1.807, 2.05) is 18.2 Å². The van der Waals surface area contributed by atoms with Gasteiger partial charge in [0.2, 0.25) is 5.78 Å². The zero-order valence-electron chi connectivity index (χ0n) is 11.0. The molecule has 0 aliphatic heterocycles. The third-order valence-electron chi connectivity index (χ3n) is 2.84. The molecule has 0 aliphatic rings. The molecule has 1 aromatic rings. The van der Waals surface area contributed by atoms with Gasteiger partial charge in [-0.05, 0) is 24.1 Å². The Kier molecular flexibility index (Phi) is 6.12. The van der Waals surface area contributed by atoms with Gasteiger partial charge >= 0.3 is 0 Å². The van der Waals surface area contributed by atoms with E-state index in [0.717, 1.165) is 11.6 Å². The Morgan fingerprint density at radius 2 is 1.95 bits per heavy atom. The van der Waals surface area contributed by atoms with Gasteiger partial charge < -0.3 is 9.90 Å². The summed E-state index contributed by atoms with van der Waals surface area (Å²) in [6.45, 7) is 1.61. The first-order valence-electron chi connectivity index (χ1n) is 6.11. The summed E-state index contributed by atoms with van der Waals surface area (Å²) in [7, 11) is 0. The van der Waals surface area contributed by atoms with Crippen LogP contribution in [0.5, 0.6) is 0 Å². The molecule has 0 bridgehead atoms. The Morgan fingerprint density at radius 3 is 2.55 bits per heavy atom. The van der Waals surface area contributed by atoms with Gasteiger partial charge in [-0.3, -0.25) is 9.59 Å². The highest BCUT2D eigenvalue weighted by Gasteiger charge is 2.11. The molecule has 1 rings (SSSR count). The lowest BCUT2D eigenvalue weighted by Crippen LogP contribution is -2.30. The van der Waals surface area contributed by atoms with Crippen LogP contribution in [0.25, 0.3) is 0 Å². The van der Waals surface area contributed by atoms with Gasteiger partial charge in [0.05, 0.1) is 0 Å². The minimum absolute atomic E-state index is 0.0904. The SMILES string of the molecule is C[C@H](/C=C/C(=O)C(=O)[O-])C(=O)CCc1ccccc1Cl. The molecule has 20 heavy (non-hydrogen) atoms. The molecule has 0 radical (unpaired) electrons. The summed E-state index contributed by atoms with van der Waals surface area (Å²) in [4.78, 5) is 32.9. The lowest BCUT2D eigenvalue weighted by Gasteiger charge is -2.07. The summed E-state index contributed by atoms with van der Waals surface area (Å²) in [5.41, 5.74) is 0.879. The van der Waals surface area contributed by atoms with Crippen LogP contribution < -0.4 is 5.11 Å². The van der Waals surface area contributed by atoms with E-state index in [4.69, 9.17) is 11.6 Å². The molecule has 0 amide bonds. The highest BCUT2D eigenvalue weighted by molar-refractivity contribution is 6.36. The van der Waals surface area contributed by atoms with Crippen molar-refractivity contribution in [1.82, 2.24) is 0 Å². The Bertz CT molecular complexity index is 549. The Hall–Kier alpha value is -1.94. The predicted molar refractivity (Wildman–Crippen MR) is 73.1 cm³/mol. The maximum absolute atomic E-state index is 11.8. The lowest BCUT2D eigenvalue weighted by atomic mass is 9.99. The number of halogens is 1. The summed E-state index contributed by atoms with van der Waals surface area (Å²) in [6, 6.07) is 7.25. The lowest BCUT2D eigenvalue weighted by molar-refractivity contribution is -0.299. The number of Topliss-reactive ketones (excluding diaryl/α,β-unsaturated/α-hetero) is 1. The molecule has 5 heteroatoms. The van der Waals surface area contributed by atoms with Crippen molar-refractivity contribution in [2.45, 2.75) is 19.8 Å². The van der Waals surface area contributed by atoms with Crippen molar-refractivity contribution in [1.29, 1.82) is 0 Å². The largest absolute Gasteiger partial charge is 0.541 e. The van der Waals surface area contributed by atoms with E-state index < -0.39 is 17.7 Å². The van der Waals surface area contributed by atoms with Crippen molar-refractivity contribution >= 4 is 29.1 Å². The molecule has 0 spiro atoms. The van der Waals surface area contributed by atoms with E-state index >= 15 is 0 Å². The fraction of sp³-hybridized carbons (Fsp3) is 0.267. The number of carbonyl (C=O) groups excluding carboxylic acids is 3. The first-order valence-corrected chi connectivity index (χ1v) is 6.49. The second-order valence-corrected chi connectivity index (χ2v) is 4.76. The summed E-state index contributed by atoms with van der Waals surface area (Å²) in [5.74, 6) is -3.54. The number of hydrogen-bond acceptors (Lipinski definition) is 4. The Morgan fingerprint density at radius 1 is 1.30 bits per heavy atom. The number of allylic oxidation sites excluding steroid dienone is 1. The van der Waals surface area contributed by atoms with Crippen LogP contribution in [0.3, 0.4) is 0 Å². The third kappa shape index (κ3) is 4.97. The summed E-state index contributed by atoms with van der Waals surface area (Å²) >= 11 is 5.98. The number of hydrogen-bond donors (Lipinski definition) is 0.